The van der Waals surface area contributed by atoms with Gasteiger partial charge in [0, 0.05) is 17.0 Å². The minimum absolute atomic E-state index is 0.0740. The highest BCUT2D eigenvalue weighted by molar-refractivity contribution is 7.99. The molecule has 1 aromatic heterocycles. The highest BCUT2D eigenvalue weighted by atomic mass is 32.2. The van der Waals surface area contributed by atoms with Gasteiger partial charge >= 0.3 is 0 Å². The van der Waals surface area contributed by atoms with E-state index in [1.807, 2.05) is 50.2 Å². The molecule has 2 aromatic rings. The maximum absolute atomic E-state index is 11.7. The number of benzene rings is 1. The van der Waals surface area contributed by atoms with E-state index in [9.17, 15) is 4.79 Å². The molecule has 0 saturated heterocycles. The van der Waals surface area contributed by atoms with Crippen molar-refractivity contribution in [1.82, 2.24) is 15.3 Å². The summed E-state index contributed by atoms with van der Waals surface area (Å²) in [5.41, 5.74) is 2.75. The van der Waals surface area contributed by atoms with Crippen molar-refractivity contribution in [2.24, 2.45) is 0 Å². The summed E-state index contributed by atoms with van der Waals surface area (Å²) in [6, 6.07) is 11.6. The number of aromatic nitrogens is 2. The summed E-state index contributed by atoms with van der Waals surface area (Å²) in [6.07, 6.45) is 0. The van der Waals surface area contributed by atoms with Gasteiger partial charge < -0.3 is 5.32 Å². The molecule has 0 atom stereocenters. The van der Waals surface area contributed by atoms with E-state index in [1.54, 1.807) is 0 Å². The van der Waals surface area contributed by atoms with Gasteiger partial charge in [0.1, 0.15) is 0 Å². The molecule has 2 rings (SSSR count). The Hall–Kier alpha value is -2.32. The zero-order valence-corrected chi connectivity index (χ0v) is 13.4. The van der Waals surface area contributed by atoms with E-state index in [0.717, 1.165) is 17.0 Å². The molecule has 112 valence electrons. The third-order valence-electron chi connectivity index (χ3n) is 2.67. The van der Waals surface area contributed by atoms with E-state index in [0.29, 0.717) is 11.7 Å². The van der Waals surface area contributed by atoms with Crippen LogP contribution in [0, 0.1) is 25.7 Å². The lowest BCUT2D eigenvalue weighted by Gasteiger charge is -2.03. The number of rotatable bonds is 4. The molecule has 22 heavy (non-hydrogen) atoms. The first kappa shape index (κ1) is 16.1. The fraction of sp³-hybridized carbons (Fsp3) is 0.235. The predicted molar refractivity (Wildman–Crippen MR) is 88.6 cm³/mol. The lowest BCUT2D eigenvalue weighted by atomic mass is 10.2. The highest BCUT2D eigenvalue weighted by Gasteiger charge is 2.05. The van der Waals surface area contributed by atoms with Crippen LogP contribution in [0.1, 0.15) is 17.0 Å². The molecule has 4 nitrogen and oxygen atoms in total. The summed E-state index contributed by atoms with van der Waals surface area (Å²) < 4.78 is 0. The second kappa shape index (κ2) is 8.20. The van der Waals surface area contributed by atoms with Crippen molar-refractivity contribution in [2.75, 3.05) is 12.3 Å². The van der Waals surface area contributed by atoms with E-state index in [1.165, 1.54) is 11.8 Å². The smallest absolute Gasteiger partial charge is 0.231 e. The van der Waals surface area contributed by atoms with Crippen LogP contribution in [-0.2, 0) is 4.79 Å². The maximum Gasteiger partial charge on any atom is 0.231 e. The first-order chi connectivity index (χ1) is 10.6. The number of hydrogen-bond donors (Lipinski definition) is 1. The number of nitrogens with one attached hydrogen (secondary N) is 1. The Morgan fingerprint density at radius 3 is 2.55 bits per heavy atom. The second-order valence-electron chi connectivity index (χ2n) is 4.67. The standard InChI is InChI=1S/C17H17N3OS/c1-13-11-14(2)20-17(19-13)22-12-16(21)18-10-6-9-15-7-4-3-5-8-15/h3-5,7-8,11H,10,12H2,1-2H3,(H,18,21). The van der Waals surface area contributed by atoms with Crippen LogP contribution in [0.2, 0.25) is 0 Å². The number of nitrogens with zero attached hydrogens (tertiary/aromatic N) is 2. The fourth-order valence-corrected chi connectivity index (χ4v) is 2.53. The molecule has 0 saturated carbocycles. The van der Waals surface area contributed by atoms with Crippen LogP contribution >= 0.6 is 11.8 Å². The average Bonchev–Trinajstić information content (AvgIpc) is 2.50. The number of amides is 1. The Balaban J connectivity index is 1.75. The van der Waals surface area contributed by atoms with E-state index in [4.69, 9.17) is 0 Å². The first-order valence-corrected chi connectivity index (χ1v) is 7.88. The normalized spacial score (nSPS) is 9.73. The van der Waals surface area contributed by atoms with Crippen molar-refractivity contribution in [1.29, 1.82) is 0 Å². The number of hydrogen-bond acceptors (Lipinski definition) is 4. The molecule has 0 unspecified atom stereocenters. The van der Waals surface area contributed by atoms with Gasteiger partial charge in [0.05, 0.1) is 12.3 Å². The molecule has 1 amide bonds. The molecule has 0 spiro atoms. The van der Waals surface area contributed by atoms with Crippen molar-refractivity contribution in [2.45, 2.75) is 19.0 Å². The van der Waals surface area contributed by atoms with Crippen LogP contribution in [0.4, 0.5) is 0 Å². The van der Waals surface area contributed by atoms with Gasteiger partial charge in [-0.2, -0.15) is 0 Å². The molecule has 5 heteroatoms. The van der Waals surface area contributed by atoms with Gasteiger partial charge in [-0.15, -0.1) is 0 Å². The molecule has 0 fully saturated rings. The van der Waals surface area contributed by atoms with Crippen LogP contribution in [-0.4, -0.2) is 28.2 Å². The minimum Gasteiger partial charge on any atom is -0.344 e. The van der Waals surface area contributed by atoms with Gasteiger partial charge in [0.15, 0.2) is 5.16 Å². The molecular weight excluding hydrogens is 294 g/mol. The zero-order chi connectivity index (χ0) is 15.8. The summed E-state index contributed by atoms with van der Waals surface area (Å²) in [4.78, 5) is 20.3. The predicted octanol–water partition coefficient (Wildman–Crippen LogP) is 2.35. The summed E-state index contributed by atoms with van der Waals surface area (Å²) in [7, 11) is 0. The van der Waals surface area contributed by atoms with Crippen molar-refractivity contribution >= 4 is 17.7 Å². The Morgan fingerprint density at radius 2 is 1.86 bits per heavy atom. The monoisotopic (exact) mass is 311 g/mol. The summed E-state index contributed by atoms with van der Waals surface area (Å²) in [5.74, 6) is 6.13. The third kappa shape index (κ3) is 5.58. The van der Waals surface area contributed by atoms with E-state index in [2.05, 4.69) is 27.1 Å². The Labute approximate surface area is 134 Å². The summed E-state index contributed by atoms with van der Waals surface area (Å²) >= 11 is 1.33. The van der Waals surface area contributed by atoms with Crippen molar-refractivity contribution in [3.63, 3.8) is 0 Å². The van der Waals surface area contributed by atoms with Crippen LogP contribution < -0.4 is 5.32 Å². The molecule has 0 aliphatic heterocycles. The molecule has 0 radical (unpaired) electrons. The molecule has 1 aromatic carbocycles. The minimum atomic E-state index is -0.0740. The highest BCUT2D eigenvalue weighted by Crippen LogP contribution is 2.13. The Bertz CT molecular complexity index is 685. The fourth-order valence-electron chi connectivity index (χ4n) is 1.75. The zero-order valence-electron chi connectivity index (χ0n) is 12.6. The van der Waals surface area contributed by atoms with Gasteiger partial charge in [-0.3, -0.25) is 4.79 Å². The summed E-state index contributed by atoms with van der Waals surface area (Å²) in [5, 5.41) is 3.39. The van der Waals surface area contributed by atoms with Crippen molar-refractivity contribution in [3.8, 4) is 11.8 Å². The summed E-state index contributed by atoms with van der Waals surface area (Å²) in [6.45, 7) is 4.16. The Kier molecular flexibility index (Phi) is 5.99. The van der Waals surface area contributed by atoms with Gasteiger partial charge in [0.25, 0.3) is 0 Å². The molecular formula is C17H17N3OS. The largest absolute Gasteiger partial charge is 0.344 e. The van der Waals surface area contributed by atoms with E-state index in [-0.39, 0.29) is 11.7 Å². The number of aryl methyl sites for hydroxylation is 2. The van der Waals surface area contributed by atoms with Crippen LogP contribution in [0.3, 0.4) is 0 Å². The van der Waals surface area contributed by atoms with Gasteiger partial charge in [-0.05, 0) is 32.0 Å². The topological polar surface area (TPSA) is 54.9 Å². The number of carbonyl (C=O) groups excluding carboxylic acids is 1. The van der Waals surface area contributed by atoms with E-state index >= 15 is 0 Å². The van der Waals surface area contributed by atoms with Crippen molar-refractivity contribution in [3.05, 3.63) is 53.3 Å². The average molecular weight is 311 g/mol. The van der Waals surface area contributed by atoms with E-state index < -0.39 is 0 Å². The van der Waals surface area contributed by atoms with Crippen LogP contribution in [0.5, 0.6) is 0 Å². The Morgan fingerprint density at radius 1 is 1.18 bits per heavy atom. The number of carbonyl (C=O) groups is 1. The SMILES string of the molecule is Cc1cc(C)nc(SCC(=O)NCC#Cc2ccccc2)n1. The quantitative estimate of drug-likeness (QED) is 0.535. The lowest BCUT2D eigenvalue weighted by molar-refractivity contribution is -0.118. The molecule has 1 heterocycles. The molecule has 0 aliphatic rings. The number of thioether (sulfide) groups is 1. The van der Waals surface area contributed by atoms with Crippen LogP contribution in [0.25, 0.3) is 0 Å². The maximum atomic E-state index is 11.7. The lowest BCUT2D eigenvalue weighted by Crippen LogP contribution is -2.25. The van der Waals surface area contributed by atoms with Gasteiger partial charge in [-0.25, -0.2) is 9.97 Å². The molecule has 0 aliphatic carbocycles. The first-order valence-electron chi connectivity index (χ1n) is 6.89. The van der Waals surface area contributed by atoms with Crippen molar-refractivity contribution < 1.29 is 4.79 Å². The second-order valence-corrected chi connectivity index (χ2v) is 5.61. The van der Waals surface area contributed by atoms with Gasteiger partial charge in [0.2, 0.25) is 5.91 Å². The molecule has 0 bridgehead atoms. The third-order valence-corrected chi connectivity index (χ3v) is 3.52. The van der Waals surface area contributed by atoms with Gasteiger partial charge in [-0.1, -0.05) is 41.8 Å². The van der Waals surface area contributed by atoms with Crippen LogP contribution in [0.15, 0.2) is 41.6 Å². The molecule has 1 N–H and O–H groups in total.